The second-order valence-electron chi connectivity index (χ2n) is 6.52. The summed E-state index contributed by atoms with van der Waals surface area (Å²) in [5.74, 6) is -1.07. The van der Waals surface area contributed by atoms with E-state index in [1.165, 1.54) is 11.0 Å². The first-order valence-corrected chi connectivity index (χ1v) is 9.11. The van der Waals surface area contributed by atoms with Crippen molar-refractivity contribution in [3.63, 3.8) is 0 Å². The molecule has 4 rings (SSSR count). The van der Waals surface area contributed by atoms with Crippen LogP contribution in [0, 0.1) is 11.6 Å². The van der Waals surface area contributed by atoms with E-state index in [4.69, 9.17) is 0 Å². The predicted molar refractivity (Wildman–Crippen MR) is 104 cm³/mol. The third-order valence-corrected chi connectivity index (χ3v) is 4.65. The molecule has 2 aromatic heterocycles. The van der Waals surface area contributed by atoms with Gasteiger partial charge in [-0.1, -0.05) is 6.07 Å². The van der Waals surface area contributed by atoms with Crippen molar-refractivity contribution in [1.82, 2.24) is 20.1 Å². The van der Waals surface area contributed by atoms with Crippen LogP contribution in [-0.2, 0) is 0 Å². The molecule has 1 amide bonds. The lowest BCUT2D eigenvalue weighted by molar-refractivity contribution is 0.0736. The summed E-state index contributed by atoms with van der Waals surface area (Å²) in [4.78, 5) is 19.9. The van der Waals surface area contributed by atoms with Gasteiger partial charge in [-0.05, 0) is 36.4 Å². The van der Waals surface area contributed by atoms with E-state index in [-0.39, 0.29) is 0 Å². The first-order valence-electron chi connectivity index (χ1n) is 9.11. The zero-order valence-electron chi connectivity index (χ0n) is 15.4. The molecule has 3 aromatic rings. The summed E-state index contributed by atoms with van der Waals surface area (Å²) >= 11 is 0. The number of amides is 1. The van der Waals surface area contributed by atoms with Crippen molar-refractivity contribution in [3.8, 4) is 0 Å². The maximum atomic E-state index is 13.9. The number of piperazine rings is 1. The Balaban J connectivity index is 1.37. The summed E-state index contributed by atoms with van der Waals surface area (Å²) in [7, 11) is 0. The number of hydrogen-bond acceptors (Lipinski definition) is 6. The molecule has 1 aliphatic heterocycles. The van der Waals surface area contributed by atoms with Crippen molar-refractivity contribution in [2.45, 2.75) is 0 Å². The molecule has 0 bridgehead atoms. The van der Waals surface area contributed by atoms with Gasteiger partial charge in [0.1, 0.15) is 17.2 Å². The van der Waals surface area contributed by atoms with Crippen molar-refractivity contribution in [2.75, 3.05) is 36.4 Å². The molecule has 0 atom stereocenters. The lowest BCUT2D eigenvalue weighted by Gasteiger charge is -2.35. The third-order valence-electron chi connectivity index (χ3n) is 4.65. The van der Waals surface area contributed by atoms with Crippen LogP contribution in [0.5, 0.6) is 0 Å². The van der Waals surface area contributed by atoms with E-state index < -0.39 is 23.1 Å². The molecule has 0 unspecified atom stereocenters. The summed E-state index contributed by atoms with van der Waals surface area (Å²) in [6.07, 6.45) is 3.37. The van der Waals surface area contributed by atoms with Gasteiger partial charge in [-0.3, -0.25) is 9.78 Å². The molecule has 1 fully saturated rings. The largest absolute Gasteiger partial charge is 0.352 e. The van der Waals surface area contributed by atoms with E-state index in [1.807, 2.05) is 29.2 Å². The summed E-state index contributed by atoms with van der Waals surface area (Å²) in [5, 5.41) is 11.5. The molecule has 3 heterocycles. The minimum Gasteiger partial charge on any atom is -0.352 e. The Morgan fingerprint density at radius 3 is 2.31 bits per heavy atom. The molecule has 148 valence electrons. The van der Waals surface area contributed by atoms with Crippen LogP contribution in [0.15, 0.2) is 54.9 Å². The number of nitrogens with zero attached hydrogens (tertiary/aromatic N) is 5. The van der Waals surface area contributed by atoms with Crippen molar-refractivity contribution in [3.05, 3.63) is 72.1 Å². The number of halogens is 2. The summed E-state index contributed by atoms with van der Waals surface area (Å²) in [6.45, 7) is 1.66. The number of hydrogen-bond donors (Lipinski definition) is 1. The minimum absolute atomic E-state index is 0.337. The summed E-state index contributed by atoms with van der Waals surface area (Å²) in [5.41, 5.74) is 0.300. The Bertz CT molecular complexity index is 971. The van der Waals surface area contributed by atoms with E-state index in [1.54, 1.807) is 12.4 Å². The molecular weight excluding hydrogens is 378 g/mol. The van der Waals surface area contributed by atoms with Crippen LogP contribution >= 0.6 is 0 Å². The molecule has 1 aliphatic rings. The highest BCUT2D eigenvalue weighted by Gasteiger charge is 2.27. The number of nitrogens with one attached hydrogen (secondary N) is 1. The molecule has 1 aromatic carbocycles. The molecule has 1 N–H and O–H groups in total. The van der Waals surface area contributed by atoms with Crippen molar-refractivity contribution in [1.29, 1.82) is 0 Å². The Morgan fingerprint density at radius 2 is 1.69 bits per heavy atom. The highest BCUT2D eigenvalue weighted by molar-refractivity contribution is 5.95. The van der Waals surface area contributed by atoms with E-state index in [0.29, 0.717) is 37.8 Å². The Hall–Kier alpha value is -3.62. The molecule has 7 nitrogen and oxygen atoms in total. The van der Waals surface area contributed by atoms with Crippen molar-refractivity contribution in [2.24, 2.45) is 0 Å². The highest BCUT2D eigenvalue weighted by Crippen LogP contribution is 2.19. The van der Waals surface area contributed by atoms with E-state index in [2.05, 4.69) is 20.5 Å². The molecule has 29 heavy (non-hydrogen) atoms. The fourth-order valence-electron chi connectivity index (χ4n) is 3.14. The number of carbonyl (C=O) groups excluding carboxylic acids is 1. The van der Waals surface area contributed by atoms with Gasteiger partial charge >= 0.3 is 0 Å². The molecule has 9 heteroatoms. The smallest absolute Gasteiger partial charge is 0.259 e. The number of pyridine rings is 1. The fraction of sp³-hybridized carbons (Fsp3) is 0.200. The number of carbonyl (C=O) groups is 1. The van der Waals surface area contributed by atoms with Gasteiger partial charge in [0.15, 0.2) is 11.6 Å². The van der Waals surface area contributed by atoms with Gasteiger partial charge in [-0.25, -0.2) is 8.78 Å². The third kappa shape index (κ3) is 4.13. The van der Waals surface area contributed by atoms with Gasteiger partial charge in [0.25, 0.3) is 5.91 Å². The molecule has 1 saturated heterocycles. The molecular formula is C20H18F2N6O. The van der Waals surface area contributed by atoms with Gasteiger partial charge in [0.05, 0.1) is 11.9 Å². The van der Waals surface area contributed by atoms with Gasteiger partial charge in [0, 0.05) is 32.4 Å². The SMILES string of the molecule is O=C(c1c(F)cccc1F)N1CCN(c2ccc(Nc3cccnc3)nn2)CC1. The predicted octanol–water partition coefficient (Wildman–Crippen LogP) is 2.86. The van der Waals surface area contributed by atoms with E-state index >= 15 is 0 Å². The monoisotopic (exact) mass is 396 g/mol. The maximum absolute atomic E-state index is 13.9. The average Bonchev–Trinajstić information content (AvgIpc) is 2.75. The minimum atomic E-state index is -0.847. The first-order chi connectivity index (χ1) is 14.1. The molecule has 0 radical (unpaired) electrons. The number of rotatable bonds is 4. The summed E-state index contributed by atoms with van der Waals surface area (Å²) in [6, 6.07) is 10.7. The number of benzene rings is 1. The molecule has 0 spiro atoms. The Labute approximate surface area is 166 Å². The Morgan fingerprint density at radius 1 is 0.931 bits per heavy atom. The van der Waals surface area contributed by atoms with Gasteiger partial charge < -0.3 is 15.1 Å². The fourth-order valence-corrected chi connectivity index (χ4v) is 3.14. The van der Waals surface area contributed by atoms with Gasteiger partial charge in [0.2, 0.25) is 0 Å². The van der Waals surface area contributed by atoms with Crippen LogP contribution in [-0.4, -0.2) is 52.2 Å². The maximum Gasteiger partial charge on any atom is 0.259 e. The second-order valence-corrected chi connectivity index (χ2v) is 6.52. The average molecular weight is 396 g/mol. The normalized spacial score (nSPS) is 14.0. The van der Waals surface area contributed by atoms with Gasteiger partial charge in [-0.2, -0.15) is 0 Å². The van der Waals surface area contributed by atoms with E-state index in [0.717, 1.165) is 17.8 Å². The zero-order chi connectivity index (χ0) is 20.2. The lowest BCUT2D eigenvalue weighted by atomic mass is 10.1. The number of anilines is 3. The zero-order valence-corrected chi connectivity index (χ0v) is 15.4. The lowest BCUT2D eigenvalue weighted by Crippen LogP contribution is -2.49. The van der Waals surface area contributed by atoms with Crippen molar-refractivity contribution >= 4 is 23.2 Å². The quantitative estimate of drug-likeness (QED) is 0.731. The Kier molecular flexibility index (Phi) is 5.28. The van der Waals surface area contributed by atoms with Crippen LogP contribution in [0.25, 0.3) is 0 Å². The van der Waals surface area contributed by atoms with Crippen LogP contribution in [0.2, 0.25) is 0 Å². The van der Waals surface area contributed by atoms with Crippen LogP contribution < -0.4 is 10.2 Å². The van der Waals surface area contributed by atoms with Crippen LogP contribution in [0.1, 0.15) is 10.4 Å². The second kappa shape index (κ2) is 8.17. The topological polar surface area (TPSA) is 74.2 Å². The van der Waals surface area contributed by atoms with Crippen molar-refractivity contribution < 1.29 is 13.6 Å². The summed E-state index contributed by atoms with van der Waals surface area (Å²) < 4.78 is 27.7. The standard InChI is InChI=1S/C20H18F2N6O/c21-15-4-1-5-16(22)19(15)20(29)28-11-9-27(10-12-28)18-7-6-17(25-26-18)24-14-3-2-8-23-13-14/h1-8,13H,9-12H2,(H,24,25). The molecule has 0 saturated carbocycles. The van der Waals surface area contributed by atoms with Gasteiger partial charge in [-0.15, -0.1) is 10.2 Å². The molecule has 0 aliphatic carbocycles. The van der Waals surface area contributed by atoms with Crippen LogP contribution in [0.4, 0.5) is 26.1 Å². The first kappa shape index (κ1) is 18.7. The van der Waals surface area contributed by atoms with E-state index in [9.17, 15) is 13.6 Å². The van der Waals surface area contributed by atoms with Crippen LogP contribution in [0.3, 0.4) is 0 Å². The number of aromatic nitrogens is 3. The highest BCUT2D eigenvalue weighted by atomic mass is 19.1.